The highest BCUT2D eigenvalue weighted by atomic mass is 16.3. The third-order valence-corrected chi connectivity index (χ3v) is 4.04. The number of hydrogen-bond donors (Lipinski definition) is 1. The van der Waals surface area contributed by atoms with Gasteiger partial charge in [-0.05, 0) is 43.1 Å². The summed E-state index contributed by atoms with van der Waals surface area (Å²) in [6.45, 7) is 8.58. The highest BCUT2D eigenvalue weighted by Crippen LogP contribution is 2.65. The molecule has 0 saturated heterocycles. The van der Waals surface area contributed by atoms with Crippen LogP contribution in [0.3, 0.4) is 0 Å². The quantitative estimate of drug-likeness (QED) is 0.548. The van der Waals surface area contributed by atoms with Gasteiger partial charge in [0.15, 0.2) is 0 Å². The standard InChI is InChI=1S/C11H18O/c1-7-5-8-9(10(8,2)3)6-11(7,4)12/h5,8-9,12H,6H2,1-4H3. The summed E-state index contributed by atoms with van der Waals surface area (Å²) in [4.78, 5) is 0. The van der Waals surface area contributed by atoms with E-state index in [1.807, 2.05) is 13.8 Å². The van der Waals surface area contributed by atoms with E-state index in [4.69, 9.17) is 0 Å². The van der Waals surface area contributed by atoms with Crippen molar-refractivity contribution in [3.05, 3.63) is 11.6 Å². The van der Waals surface area contributed by atoms with Crippen molar-refractivity contribution < 1.29 is 5.11 Å². The minimum atomic E-state index is -0.533. The van der Waals surface area contributed by atoms with E-state index in [1.165, 1.54) is 0 Å². The summed E-state index contributed by atoms with van der Waals surface area (Å²) in [5.74, 6) is 1.45. The Hall–Kier alpha value is -0.300. The molecule has 0 spiro atoms. The van der Waals surface area contributed by atoms with Gasteiger partial charge >= 0.3 is 0 Å². The van der Waals surface area contributed by atoms with E-state index in [0.29, 0.717) is 5.41 Å². The van der Waals surface area contributed by atoms with Crippen LogP contribution >= 0.6 is 0 Å². The number of rotatable bonds is 0. The molecule has 3 unspecified atom stereocenters. The molecule has 0 heterocycles. The number of fused-ring (bicyclic) bond motifs is 1. The Kier molecular flexibility index (Phi) is 1.35. The first-order valence-electron chi connectivity index (χ1n) is 4.77. The van der Waals surface area contributed by atoms with Gasteiger partial charge in [0.05, 0.1) is 5.60 Å². The van der Waals surface area contributed by atoms with Gasteiger partial charge in [-0.3, -0.25) is 0 Å². The zero-order chi connectivity index (χ0) is 9.15. The van der Waals surface area contributed by atoms with Crippen LogP contribution in [-0.4, -0.2) is 10.7 Å². The Morgan fingerprint density at radius 1 is 1.42 bits per heavy atom. The van der Waals surface area contributed by atoms with Crippen molar-refractivity contribution >= 4 is 0 Å². The monoisotopic (exact) mass is 166 g/mol. The third-order valence-electron chi connectivity index (χ3n) is 4.04. The van der Waals surface area contributed by atoms with Crippen LogP contribution in [0.2, 0.25) is 0 Å². The fourth-order valence-electron chi connectivity index (χ4n) is 2.55. The van der Waals surface area contributed by atoms with Crippen LogP contribution in [0.4, 0.5) is 0 Å². The van der Waals surface area contributed by atoms with E-state index in [2.05, 4.69) is 19.9 Å². The maximum Gasteiger partial charge on any atom is 0.0829 e. The molecular weight excluding hydrogens is 148 g/mol. The number of aliphatic hydroxyl groups is 1. The van der Waals surface area contributed by atoms with Gasteiger partial charge in [0.1, 0.15) is 0 Å². The minimum absolute atomic E-state index is 0.446. The molecule has 0 bridgehead atoms. The van der Waals surface area contributed by atoms with Crippen molar-refractivity contribution in [2.75, 3.05) is 0 Å². The van der Waals surface area contributed by atoms with E-state index >= 15 is 0 Å². The van der Waals surface area contributed by atoms with E-state index in [0.717, 1.165) is 23.8 Å². The van der Waals surface area contributed by atoms with Crippen LogP contribution in [0.5, 0.6) is 0 Å². The fourth-order valence-corrected chi connectivity index (χ4v) is 2.55. The zero-order valence-electron chi connectivity index (χ0n) is 8.39. The van der Waals surface area contributed by atoms with Gasteiger partial charge in [0, 0.05) is 0 Å². The maximum absolute atomic E-state index is 10.0. The largest absolute Gasteiger partial charge is 0.386 e. The molecule has 0 aromatic rings. The second kappa shape index (κ2) is 1.95. The number of allylic oxidation sites excluding steroid dienone is 1. The van der Waals surface area contributed by atoms with Gasteiger partial charge in [-0.2, -0.15) is 0 Å². The normalized spacial score (nSPS) is 49.6. The summed E-state index contributed by atoms with van der Waals surface area (Å²) in [5.41, 5.74) is 1.07. The van der Waals surface area contributed by atoms with Crippen molar-refractivity contribution in [3.8, 4) is 0 Å². The Morgan fingerprint density at radius 2 is 2.00 bits per heavy atom. The molecule has 12 heavy (non-hydrogen) atoms. The molecular formula is C11H18O. The molecule has 2 rings (SSSR count). The molecule has 1 heteroatoms. The second-order valence-corrected chi connectivity index (χ2v) is 5.28. The molecule has 0 aromatic heterocycles. The van der Waals surface area contributed by atoms with Crippen LogP contribution in [0, 0.1) is 17.3 Å². The van der Waals surface area contributed by atoms with E-state index in [1.54, 1.807) is 0 Å². The van der Waals surface area contributed by atoms with Crippen LogP contribution in [0.25, 0.3) is 0 Å². The average Bonchev–Trinajstić information content (AvgIpc) is 2.37. The lowest BCUT2D eigenvalue weighted by Crippen LogP contribution is -2.28. The van der Waals surface area contributed by atoms with Crippen molar-refractivity contribution in [1.82, 2.24) is 0 Å². The Balaban J connectivity index is 2.28. The van der Waals surface area contributed by atoms with Crippen molar-refractivity contribution in [2.45, 2.75) is 39.7 Å². The van der Waals surface area contributed by atoms with Crippen LogP contribution in [-0.2, 0) is 0 Å². The molecule has 0 aliphatic heterocycles. The molecule has 1 N–H and O–H groups in total. The van der Waals surface area contributed by atoms with E-state index < -0.39 is 5.60 Å². The first kappa shape index (κ1) is 8.31. The minimum Gasteiger partial charge on any atom is -0.386 e. The van der Waals surface area contributed by atoms with Crippen molar-refractivity contribution in [1.29, 1.82) is 0 Å². The summed E-state index contributed by atoms with van der Waals surface area (Å²) >= 11 is 0. The number of hydrogen-bond acceptors (Lipinski definition) is 1. The lowest BCUT2D eigenvalue weighted by atomic mass is 9.86. The molecule has 68 valence electrons. The lowest BCUT2D eigenvalue weighted by Gasteiger charge is -2.27. The molecule has 2 aliphatic rings. The van der Waals surface area contributed by atoms with Gasteiger partial charge in [-0.15, -0.1) is 0 Å². The summed E-state index contributed by atoms with van der Waals surface area (Å²) in [6.07, 6.45) is 3.22. The van der Waals surface area contributed by atoms with E-state index in [9.17, 15) is 5.11 Å². The fraction of sp³-hybridized carbons (Fsp3) is 0.818. The van der Waals surface area contributed by atoms with Gasteiger partial charge in [-0.1, -0.05) is 19.9 Å². The first-order valence-corrected chi connectivity index (χ1v) is 4.77. The van der Waals surface area contributed by atoms with Crippen LogP contribution in [0.15, 0.2) is 11.6 Å². The lowest BCUT2D eigenvalue weighted by molar-refractivity contribution is 0.0742. The predicted octanol–water partition coefficient (Wildman–Crippen LogP) is 2.36. The summed E-state index contributed by atoms with van der Waals surface area (Å²) in [5, 5.41) is 10.0. The molecule has 0 radical (unpaired) electrons. The highest BCUT2D eigenvalue weighted by Gasteiger charge is 2.60. The molecule has 3 atom stereocenters. The summed E-state index contributed by atoms with van der Waals surface area (Å²) in [7, 11) is 0. The molecule has 0 aromatic carbocycles. The molecule has 1 saturated carbocycles. The van der Waals surface area contributed by atoms with E-state index in [-0.39, 0.29) is 0 Å². The third kappa shape index (κ3) is 0.891. The van der Waals surface area contributed by atoms with Gasteiger partial charge in [0.2, 0.25) is 0 Å². The van der Waals surface area contributed by atoms with Gasteiger partial charge < -0.3 is 5.11 Å². The van der Waals surface area contributed by atoms with Crippen molar-refractivity contribution in [2.24, 2.45) is 17.3 Å². The SMILES string of the molecule is CC1=CC2C(CC1(C)O)C2(C)C. The molecule has 1 fully saturated rings. The average molecular weight is 166 g/mol. The maximum atomic E-state index is 10.0. The molecule has 1 nitrogen and oxygen atoms in total. The topological polar surface area (TPSA) is 20.2 Å². The van der Waals surface area contributed by atoms with Gasteiger partial charge in [-0.25, -0.2) is 0 Å². The molecule has 2 aliphatic carbocycles. The summed E-state index contributed by atoms with van der Waals surface area (Å²) in [6, 6.07) is 0. The second-order valence-electron chi connectivity index (χ2n) is 5.28. The van der Waals surface area contributed by atoms with Crippen LogP contribution < -0.4 is 0 Å². The Labute approximate surface area is 74.5 Å². The smallest absolute Gasteiger partial charge is 0.0829 e. The van der Waals surface area contributed by atoms with Gasteiger partial charge in [0.25, 0.3) is 0 Å². The summed E-state index contributed by atoms with van der Waals surface area (Å²) < 4.78 is 0. The Bertz CT molecular complexity index is 248. The zero-order valence-corrected chi connectivity index (χ0v) is 8.39. The van der Waals surface area contributed by atoms with Crippen LogP contribution in [0.1, 0.15) is 34.1 Å². The molecule has 0 amide bonds. The van der Waals surface area contributed by atoms with Crippen molar-refractivity contribution in [3.63, 3.8) is 0 Å². The Morgan fingerprint density at radius 3 is 2.50 bits per heavy atom. The predicted molar refractivity (Wildman–Crippen MR) is 49.8 cm³/mol. The highest BCUT2D eigenvalue weighted by molar-refractivity contribution is 5.29. The first-order chi connectivity index (χ1) is 5.36.